The van der Waals surface area contributed by atoms with E-state index in [1.54, 1.807) is 6.20 Å². The Morgan fingerprint density at radius 2 is 2.38 bits per heavy atom. The first-order valence-electron chi connectivity index (χ1n) is 4.34. The monoisotopic (exact) mass is 199 g/mol. The number of rotatable bonds is 4. The van der Waals surface area contributed by atoms with E-state index in [1.165, 1.54) is 0 Å². The summed E-state index contributed by atoms with van der Waals surface area (Å²) in [6.07, 6.45) is 1.76. The molecule has 1 unspecified atom stereocenters. The van der Waals surface area contributed by atoms with Crippen LogP contribution in [0.3, 0.4) is 0 Å². The van der Waals surface area contributed by atoms with Gasteiger partial charge < -0.3 is 4.74 Å². The number of nitrogens with zero attached hydrogens (tertiary/aromatic N) is 1. The molecule has 1 atom stereocenters. The largest absolute Gasteiger partial charge is 0.491 e. The van der Waals surface area contributed by atoms with Gasteiger partial charge in [0, 0.05) is 18.0 Å². The second kappa shape index (κ2) is 5.07. The zero-order valence-electron chi connectivity index (χ0n) is 7.96. The first-order chi connectivity index (χ1) is 6.24. The van der Waals surface area contributed by atoms with E-state index in [0.717, 1.165) is 11.4 Å². The number of hydrogen-bond acceptors (Lipinski definition) is 2. The lowest BCUT2D eigenvalue weighted by atomic mass is 10.2. The topological polar surface area (TPSA) is 22.1 Å². The molecule has 72 valence electrons. The fraction of sp³-hybridized carbons (Fsp3) is 0.500. The molecule has 0 radical (unpaired) electrons. The fourth-order valence-electron chi connectivity index (χ4n) is 0.899. The molecule has 0 fully saturated rings. The van der Waals surface area contributed by atoms with Gasteiger partial charge in [0.15, 0.2) is 0 Å². The van der Waals surface area contributed by atoms with Gasteiger partial charge in [0.1, 0.15) is 5.75 Å². The Morgan fingerprint density at radius 1 is 1.62 bits per heavy atom. The van der Waals surface area contributed by atoms with Gasteiger partial charge >= 0.3 is 0 Å². The van der Waals surface area contributed by atoms with Crippen LogP contribution in [0, 0.1) is 12.8 Å². The maximum Gasteiger partial charge on any atom is 0.140 e. The van der Waals surface area contributed by atoms with Crippen LogP contribution >= 0.6 is 11.6 Å². The van der Waals surface area contributed by atoms with Gasteiger partial charge in [-0.15, -0.1) is 11.6 Å². The highest BCUT2D eigenvalue weighted by Crippen LogP contribution is 2.14. The summed E-state index contributed by atoms with van der Waals surface area (Å²) in [7, 11) is 0. The van der Waals surface area contributed by atoms with Gasteiger partial charge in [0.2, 0.25) is 0 Å². The molecule has 3 heteroatoms. The number of alkyl halides is 1. The third kappa shape index (κ3) is 3.23. The number of pyridine rings is 1. The quantitative estimate of drug-likeness (QED) is 0.696. The minimum Gasteiger partial charge on any atom is -0.491 e. The van der Waals surface area contributed by atoms with E-state index < -0.39 is 0 Å². The molecule has 13 heavy (non-hydrogen) atoms. The zero-order valence-corrected chi connectivity index (χ0v) is 8.71. The predicted octanol–water partition coefficient (Wildman–Crippen LogP) is 2.64. The van der Waals surface area contributed by atoms with Crippen LogP contribution in [0.5, 0.6) is 5.75 Å². The molecule has 0 aliphatic carbocycles. The van der Waals surface area contributed by atoms with Crippen LogP contribution in [0.2, 0.25) is 0 Å². The van der Waals surface area contributed by atoms with Crippen molar-refractivity contribution in [2.75, 3.05) is 12.5 Å². The molecule has 0 saturated heterocycles. The van der Waals surface area contributed by atoms with E-state index in [9.17, 15) is 0 Å². The molecule has 0 aromatic carbocycles. The maximum atomic E-state index is 5.66. The molecular formula is C10H14ClNO. The first-order valence-corrected chi connectivity index (χ1v) is 4.88. The Bertz CT molecular complexity index is 265. The van der Waals surface area contributed by atoms with Crippen molar-refractivity contribution in [2.24, 2.45) is 5.92 Å². The molecule has 0 aliphatic rings. The number of aryl methyl sites for hydroxylation is 1. The highest BCUT2D eigenvalue weighted by atomic mass is 35.5. The molecule has 2 nitrogen and oxygen atoms in total. The normalized spacial score (nSPS) is 12.5. The molecule has 1 rings (SSSR count). The number of aromatic nitrogens is 1. The minimum absolute atomic E-state index is 0.376. The Morgan fingerprint density at radius 3 is 3.00 bits per heavy atom. The zero-order chi connectivity index (χ0) is 9.68. The summed E-state index contributed by atoms with van der Waals surface area (Å²) < 4.78 is 5.54. The molecule has 0 aliphatic heterocycles. The molecule has 1 aromatic rings. The molecule has 1 aromatic heterocycles. The Balaban J connectivity index is 2.50. The lowest BCUT2D eigenvalue weighted by molar-refractivity contribution is 0.270. The van der Waals surface area contributed by atoms with Crippen LogP contribution in [0.25, 0.3) is 0 Å². The second-order valence-corrected chi connectivity index (χ2v) is 3.47. The minimum atomic E-state index is 0.376. The summed E-state index contributed by atoms with van der Waals surface area (Å²) in [6, 6.07) is 3.79. The second-order valence-electron chi connectivity index (χ2n) is 3.16. The number of halogens is 1. The smallest absolute Gasteiger partial charge is 0.140 e. The lowest BCUT2D eigenvalue weighted by Crippen LogP contribution is -2.10. The van der Waals surface area contributed by atoms with Crippen molar-refractivity contribution in [3.05, 3.63) is 24.0 Å². The van der Waals surface area contributed by atoms with Crippen molar-refractivity contribution < 1.29 is 4.74 Å². The summed E-state index contributed by atoms with van der Waals surface area (Å²) in [5, 5.41) is 0. The van der Waals surface area contributed by atoms with Crippen LogP contribution in [0.15, 0.2) is 18.3 Å². The average molecular weight is 200 g/mol. The van der Waals surface area contributed by atoms with Crippen molar-refractivity contribution >= 4 is 11.6 Å². The van der Waals surface area contributed by atoms with Crippen molar-refractivity contribution in [1.82, 2.24) is 4.98 Å². The van der Waals surface area contributed by atoms with E-state index in [2.05, 4.69) is 11.9 Å². The summed E-state index contributed by atoms with van der Waals surface area (Å²) in [6.45, 7) is 4.63. The van der Waals surface area contributed by atoms with Crippen LogP contribution in [0.1, 0.15) is 12.6 Å². The molecule has 0 N–H and O–H groups in total. The molecule has 1 heterocycles. The van der Waals surface area contributed by atoms with Crippen LogP contribution < -0.4 is 4.74 Å². The highest BCUT2D eigenvalue weighted by Gasteiger charge is 2.03. The first kappa shape index (κ1) is 10.3. The Kier molecular flexibility index (Phi) is 4.03. The summed E-state index contributed by atoms with van der Waals surface area (Å²) in [5.41, 5.74) is 0.921. The SMILES string of the molecule is Cc1ncccc1OCC(C)CCl. The summed E-state index contributed by atoms with van der Waals surface area (Å²) in [4.78, 5) is 4.12. The average Bonchev–Trinajstić information content (AvgIpc) is 2.16. The van der Waals surface area contributed by atoms with Gasteiger partial charge in [-0.2, -0.15) is 0 Å². The molecule has 0 spiro atoms. The van der Waals surface area contributed by atoms with Crippen LogP contribution in [0.4, 0.5) is 0 Å². The van der Waals surface area contributed by atoms with Crippen molar-refractivity contribution in [2.45, 2.75) is 13.8 Å². The van der Waals surface area contributed by atoms with E-state index in [-0.39, 0.29) is 0 Å². The van der Waals surface area contributed by atoms with E-state index in [4.69, 9.17) is 16.3 Å². The number of hydrogen-bond donors (Lipinski definition) is 0. The third-order valence-electron chi connectivity index (χ3n) is 1.75. The van der Waals surface area contributed by atoms with Gasteiger partial charge in [0.25, 0.3) is 0 Å². The van der Waals surface area contributed by atoms with Crippen LogP contribution in [-0.4, -0.2) is 17.5 Å². The van der Waals surface area contributed by atoms with Crippen molar-refractivity contribution in [3.63, 3.8) is 0 Å². The summed E-state index contributed by atoms with van der Waals surface area (Å²) >= 11 is 5.66. The molecule has 0 amide bonds. The Hall–Kier alpha value is -0.760. The number of ether oxygens (including phenoxy) is 1. The van der Waals surface area contributed by atoms with E-state index in [0.29, 0.717) is 18.4 Å². The van der Waals surface area contributed by atoms with Crippen LogP contribution in [-0.2, 0) is 0 Å². The molecule has 0 bridgehead atoms. The van der Waals surface area contributed by atoms with Gasteiger partial charge in [0.05, 0.1) is 12.3 Å². The summed E-state index contributed by atoms with van der Waals surface area (Å²) in [5.74, 6) is 1.85. The fourth-order valence-corrected chi connectivity index (χ4v) is 0.988. The van der Waals surface area contributed by atoms with Gasteiger partial charge in [-0.05, 0) is 19.1 Å². The molecule has 0 saturated carbocycles. The predicted molar refractivity (Wildman–Crippen MR) is 54.4 cm³/mol. The van der Waals surface area contributed by atoms with Gasteiger partial charge in [-0.3, -0.25) is 4.98 Å². The molecular weight excluding hydrogens is 186 g/mol. The van der Waals surface area contributed by atoms with E-state index in [1.807, 2.05) is 19.1 Å². The van der Waals surface area contributed by atoms with E-state index >= 15 is 0 Å². The highest BCUT2D eigenvalue weighted by molar-refractivity contribution is 6.18. The van der Waals surface area contributed by atoms with Gasteiger partial charge in [-0.25, -0.2) is 0 Å². The maximum absolute atomic E-state index is 5.66. The van der Waals surface area contributed by atoms with Crippen molar-refractivity contribution in [1.29, 1.82) is 0 Å². The lowest BCUT2D eigenvalue weighted by Gasteiger charge is -2.11. The third-order valence-corrected chi connectivity index (χ3v) is 2.27. The standard InChI is InChI=1S/C10H14ClNO/c1-8(6-11)7-13-10-4-3-5-12-9(10)2/h3-5,8H,6-7H2,1-2H3. The van der Waals surface area contributed by atoms with Crippen molar-refractivity contribution in [3.8, 4) is 5.75 Å². The Labute approximate surface area is 83.9 Å². The van der Waals surface area contributed by atoms with Gasteiger partial charge in [-0.1, -0.05) is 6.92 Å².